The number of aromatic nitrogens is 2. The van der Waals surface area contributed by atoms with E-state index >= 15 is 0 Å². The van der Waals surface area contributed by atoms with Gasteiger partial charge in [-0.3, -0.25) is 9.13 Å². The molecule has 4 aliphatic heterocycles. The fourth-order valence-corrected chi connectivity index (χ4v) is 22.6. The molecule has 0 spiro atoms. The van der Waals surface area contributed by atoms with Gasteiger partial charge in [0, 0.05) is 82.8 Å². The van der Waals surface area contributed by atoms with E-state index in [0.29, 0.717) is 5.02 Å². The van der Waals surface area contributed by atoms with Gasteiger partial charge < -0.3 is 32.4 Å². The second kappa shape index (κ2) is 30.8. The maximum atomic E-state index is 7.18. The Hall–Kier alpha value is -14.4. The summed E-state index contributed by atoms with van der Waals surface area (Å²) < 4.78 is 31.6. The minimum atomic E-state index is -0.0929. The highest BCUT2D eigenvalue weighted by molar-refractivity contribution is 7.01. The van der Waals surface area contributed by atoms with E-state index in [1.54, 1.807) is 0 Å². The molecule has 0 atom stereocenters. The van der Waals surface area contributed by atoms with Crippen LogP contribution in [0.4, 0.5) is 51.2 Å². The second-order valence-electron chi connectivity index (χ2n) is 44.6. The lowest BCUT2D eigenvalue weighted by atomic mass is 9.33. The van der Waals surface area contributed by atoms with Crippen molar-refractivity contribution in [3.63, 3.8) is 0 Å². The van der Waals surface area contributed by atoms with Crippen molar-refractivity contribution in [1.82, 2.24) is 9.13 Å². The second-order valence-corrected chi connectivity index (χ2v) is 45.0. The maximum absolute atomic E-state index is 7.18. The van der Waals surface area contributed by atoms with Crippen molar-refractivity contribution < 1.29 is 17.7 Å². The van der Waals surface area contributed by atoms with Crippen LogP contribution < -0.4 is 47.5 Å². The molecule has 0 radical (unpaired) electrons. The molecule has 137 heavy (non-hydrogen) atoms. The van der Waals surface area contributed by atoms with E-state index in [9.17, 15) is 0 Å². The van der Waals surface area contributed by atoms with Gasteiger partial charge in [0.25, 0.3) is 13.4 Å². The lowest BCUT2D eigenvalue weighted by Crippen LogP contribution is -2.60. The Morgan fingerprint density at radius 3 is 0.942 bits per heavy atom. The number of nitrogens with zero attached hydrogens (tertiary/aromatic N) is 5. The highest BCUT2D eigenvalue weighted by Gasteiger charge is 2.47. The topological polar surface area (TPSA) is 72.1 Å². The number of para-hydroxylation sites is 6. The van der Waals surface area contributed by atoms with Crippen LogP contribution in [0.3, 0.4) is 0 Å². The number of hydrogen-bond donors (Lipinski definition) is 0. The Kier molecular flexibility index (Phi) is 19.2. The first kappa shape index (κ1) is 85.5. The van der Waals surface area contributed by atoms with Crippen LogP contribution in [0.5, 0.6) is 0 Å². The third-order valence-corrected chi connectivity index (χ3v) is 29.7. The minimum Gasteiger partial charge on any atom is -0.456 e. The highest BCUT2D eigenvalue weighted by atomic mass is 35.5. The first-order valence-corrected chi connectivity index (χ1v) is 48.8. The molecule has 16 aromatic carbocycles. The van der Waals surface area contributed by atoms with Crippen molar-refractivity contribution in [3.05, 3.63) is 377 Å². The molecule has 0 amide bonds. The zero-order chi connectivity index (χ0) is 94.3. The molecule has 10 heterocycles. The Balaban J connectivity index is 0.000000128. The molecule has 0 bridgehead atoms. The van der Waals surface area contributed by atoms with E-state index in [0.717, 1.165) is 151 Å². The van der Waals surface area contributed by atoms with Gasteiger partial charge in [-0.1, -0.05) is 355 Å². The summed E-state index contributed by atoms with van der Waals surface area (Å²) in [5.74, 6) is 0. The molecule has 12 heteroatoms. The largest absolute Gasteiger partial charge is 0.456 e. The third-order valence-electron chi connectivity index (χ3n) is 29.5. The Labute approximate surface area is 806 Å². The summed E-state index contributed by atoms with van der Waals surface area (Å²) in [6.07, 6.45) is 1.01. The number of hydrogen-bond acceptors (Lipinski definition) is 7. The fraction of sp³-hybridized carbons (Fsp3) is 0.200. The summed E-state index contributed by atoms with van der Waals surface area (Å²) in [7, 11) is 0. The smallest absolute Gasteiger partial charge is 0.252 e. The van der Waals surface area contributed by atoms with Crippen LogP contribution in [0, 0.1) is 0 Å². The molecular formula is C125H110B2ClN5O4. The van der Waals surface area contributed by atoms with E-state index in [1.807, 2.05) is 18.2 Å². The molecule has 0 fully saturated rings. The van der Waals surface area contributed by atoms with Gasteiger partial charge in [-0.2, -0.15) is 0 Å². The number of benzene rings is 16. The van der Waals surface area contributed by atoms with E-state index < -0.39 is 0 Å². The van der Waals surface area contributed by atoms with Crippen LogP contribution in [-0.4, -0.2) is 22.6 Å². The number of furan rings is 4. The molecule has 0 saturated heterocycles. The van der Waals surface area contributed by atoms with Gasteiger partial charge in [-0.25, -0.2) is 0 Å². The summed E-state index contributed by atoms with van der Waals surface area (Å²) in [6.45, 7) is 41.0. The van der Waals surface area contributed by atoms with Crippen molar-refractivity contribution >= 4 is 219 Å². The first-order valence-electron chi connectivity index (χ1n) is 48.5. The van der Waals surface area contributed by atoms with Gasteiger partial charge in [-0.15, -0.1) is 0 Å². The summed E-state index contributed by atoms with van der Waals surface area (Å²) in [6, 6.07) is 120. The monoisotopic (exact) mass is 1800 g/mol. The molecule has 9 nitrogen and oxygen atoms in total. The van der Waals surface area contributed by atoms with Crippen LogP contribution in [0.15, 0.2) is 345 Å². The van der Waals surface area contributed by atoms with Gasteiger partial charge in [0.1, 0.15) is 33.5 Å². The number of halogens is 1. The highest BCUT2D eigenvalue weighted by Crippen LogP contribution is 2.54. The van der Waals surface area contributed by atoms with Crippen LogP contribution >= 0.6 is 11.6 Å². The average Bonchev–Trinajstić information content (AvgIpc) is 1.54. The molecule has 26 rings (SSSR count). The van der Waals surface area contributed by atoms with Gasteiger partial charge in [0.05, 0.1) is 49.6 Å². The predicted molar refractivity (Wildman–Crippen MR) is 582 cm³/mol. The molecule has 0 N–H and O–H groups in total. The fourth-order valence-electron chi connectivity index (χ4n) is 22.4. The van der Waals surface area contributed by atoms with Crippen LogP contribution in [0.1, 0.15) is 169 Å². The molecule has 0 aliphatic carbocycles. The maximum Gasteiger partial charge on any atom is 0.252 e. The first-order chi connectivity index (χ1) is 65.7. The zero-order valence-corrected chi connectivity index (χ0v) is 82.0. The van der Waals surface area contributed by atoms with E-state index in [2.05, 4.69) is 458 Å². The van der Waals surface area contributed by atoms with E-state index in [1.165, 1.54) is 105 Å². The van der Waals surface area contributed by atoms with Crippen LogP contribution in [0.25, 0.3) is 121 Å². The molecule has 22 aromatic rings. The summed E-state index contributed by atoms with van der Waals surface area (Å²) in [5, 5.41) is 12.0. The zero-order valence-electron chi connectivity index (χ0n) is 81.3. The molecular weight excluding hydrogens is 1690 g/mol. The van der Waals surface area contributed by atoms with Crippen LogP contribution in [-0.2, 0) is 38.9 Å². The lowest BCUT2D eigenvalue weighted by Gasteiger charge is -2.42. The van der Waals surface area contributed by atoms with E-state index in [-0.39, 0.29) is 45.9 Å². The van der Waals surface area contributed by atoms with Gasteiger partial charge in [0.2, 0.25) is 11.4 Å². The number of anilines is 9. The molecule has 0 saturated carbocycles. The van der Waals surface area contributed by atoms with Gasteiger partial charge in [0.15, 0.2) is 0 Å². The van der Waals surface area contributed by atoms with Crippen molar-refractivity contribution in [2.24, 2.45) is 0 Å². The normalized spacial score (nSPS) is 13.5. The van der Waals surface area contributed by atoms with Crippen molar-refractivity contribution in [1.29, 1.82) is 0 Å². The molecule has 672 valence electrons. The van der Waals surface area contributed by atoms with E-state index in [4.69, 9.17) is 29.3 Å². The third kappa shape index (κ3) is 13.8. The predicted octanol–water partition coefficient (Wildman–Crippen LogP) is 31.3. The van der Waals surface area contributed by atoms with Crippen molar-refractivity contribution in [2.45, 2.75) is 164 Å². The minimum absolute atomic E-state index is 0.00589. The van der Waals surface area contributed by atoms with Gasteiger partial charge in [-0.05, 0) is 225 Å². The Morgan fingerprint density at radius 2 is 0.555 bits per heavy atom. The van der Waals surface area contributed by atoms with Gasteiger partial charge >= 0.3 is 0 Å². The SMILES string of the molecule is CC(C)(C)c1ccc(Cc2ccc(C(C)(C)C)cc2)cc1.CC(C)(C)c1ccc(N(c2ccc(C(C)(C)C)cc2)c2cc3c4c(c2)-n2c5oc6ccccc6c5c5cccc(c52)B4c2ccc(C(C)(C)C)cc2N3c2cccc3oc4ccccc4c23)cc1.CC(C)(C)c1ccc2c(c1)N(c1cccc3oc4ccccc4c13)c1cc(Cl)cc3c1B2c1cccc2c4c5ccccc5oc4n-3c12. The number of fused-ring (bicyclic) bond motifs is 24. The molecule has 0 unspecified atom stereocenters. The lowest BCUT2D eigenvalue weighted by molar-refractivity contribution is 0.589. The average molecular weight is 1800 g/mol. The quantitative estimate of drug-likeness (QED) is 0.147. The summed E-state index contributed by atoms with van der Waals surface area (Å²) >= 11 is 7.18. The molecule has 6 aromatic heterocycles. The summed E-state index contributed by atoms with van der Waals surface area (Å²) in [4.78, 5) is 7.44. The van der Waals surface area contributed by atoms with Crippen molar-refractivity contribution in [2.75, 3.05) is 14.7 Å². The Morgan fingerprint density at radius 1 is 0.248 bits per heavy atom. The van der Waals surface area contributed by atoms with Crippen LogP contribution in [0.2, 0.25) is 5.02 Å². The standard InChI is InChI=1S/C62H54BN3O2.C42H28BClN2O2.C21H28/c1-60(2,3)37-24-29-40(30-25-37)64(41-31-26-38(27-32-41)61(4,5)6)42-35-50-57-51(36-42)66-58-45(55-43-16-10-13-22-53(43)68-59(55)66)18-14-19-47(58)63(57)46-33-28-39(62(7,8)9)34-49(46)65(50)48-20-15-23-54-56(48)44-17-11-12-21-52(44)67-54;1-42(2,3)23-18-19-28-31(20-23)45(30-14-9-17-36-38(30)26-11-5-6-15-34(26)47-36)32-21-24(44)22-33-39(32)43(28)29-13-8-12-27-37-25-10-4-7-16-35(25)48-41(37)46(33)40(27)29;1-20(2,3)18-11-7-16(8-12-18)15-17-9-13-19(14-10-17)21(4,5)6/h10-36H,1-9H3;4-22H,1-3H3;7-14H,15H2,1-6H3. The Bertz CT molecular complexity index is 8600. The van der Waals surface area contributed by atoms with Crippen molar-refractivity contribution in [3.8, 4) is 11.4 Å². The summed E-state index contributed by atoms with van der Waals surface area (Å²) in [5.41, 5.74) is 40.1. The molecule has 4 aliphatic rings. The number of rotatable bonds is 7.